The molecule has 18 heteroatoms. The zero-order valence-electron chi connectivity index (χ0n) is 40.3. The first-order chi connectivity index (χ1) is 33.5. The topological polar surface area (TPSA) is 243 Å². The Morgan fingerprint density at radius 1 is 0.710 bits per heavy atom. The van der Waals surface area contributed by atoms with Crippen LogP contribution in [0.1, 0.15) is 98.8 Å². The van der Waals surface area contributed by atoms with Gasteiger partial charge in [0.15, 0.2) is 0 Å². The fraction of sp³-hybridized carbons (Fsp3) is 0.549. The minimum atomic E-state index is -0.923. The number of benzene rings is 3. The molecule has 1 aliphatic rings. The second-order valence-corrected chi connectivity index (χ2v) is 17.8. The standard InChI is InChI=1S/C51H73N9O9/c1-37(2)49(64)53-24-25-54-50(65)39-16-18-42(19-17-39)56-57-43-20-22-46(23-21-43)69-27-11-26-60-34-47(58-59-60)40-14-10-15-41(30-40)51(66)55-32-45(62)36-68-29-28-67-35-44(61)31-52-33-48(63)38-12-8-6-4-3-5-7-9-13-38/h10,14-23,30,34,37-38,44-45,48,52,61-63H,3-9,11-13,24-29,31-33,35-36H2,1-2H3,(H,53,64)(H,54,65)(H,55,66). The number of carbonyl (C=O) groups excluding carboxylic acids is 3. The molecule has 3 atom stereocenters. The number of amides is 3. The summed E-state index contributed by atoms with van der Waals surface area (Å²) in [5.74, 6) is 0.241. The molecule has 5 rings (SSSR count). The summed E-state index contributed by atoms with van der Waals surface area (Å²) in [5.41, 5.74) is 3.46. The Morgan fingerprint density at radius 3 is 1.99 bits per heavy atom. The second-order valence-electron chi connectivity index (χ2n) is 17.8. The Bertz CT molecular complexity index is 2130. The zero-order valence-corrected chi connectivity index (χ0v) is 40.3. The maximum absolute atomic E-state index is 12.9. The lowest BCUT2D eigenvalue weighted by atomic mass is 9.88. The molecule has 1 heterocycles. The van der Waals surface area contributed by atoms with Crippen LogP contribution in [0, 0.1) is 11.8 Å². The minimum absolute atomic E-state index is 0.00182. The smallest absolute Gasteiger partial charge is 0.251 e. The Balaban J connectivity index is 0.905. The van der Waals surface area contributed by atoms with Gasteiger partial charge in [0, 0.05) is 68.3 Å². The highest BCUT2D eigenvalue weighted by Crippen LogP contribution is 2.25. The number of aryl methyl sites for hydroxylation is 1. The number of nitrogens with zero attached hydrogens (tertiary/aromatic N) is 5. The summed E-state index contributed by atoms with van der Waals surface area (Å²) >= 11 is 0. The third-order valence-electron chi connectivity index (χ3n) is 11.7. The van der Waals surface area contributed by atoms with Crippen molar-refractivity contribution >= 4 is 29.1 Å². The van der Waals surface area contributed by atoms with Crippen LogP contribution in [-0.2, 0) is 20.8 Å². The van der Waals surface area contributed by atoms with Crippen molar-refractivity contribution in [3.05, 3.63) is 90.1 Å². The summed E-state index contributed by atoms with van der Waals surface area (Å²) in [6.45, 7) is 6.70. The fourth-order valence-electron chi connectivity index (χ4n) is 7.63. The van der Waals surface area contributed by atoms with Crippen LogP contribution in [0.4, 0.5) is 11.4 Å². The van der Waals surface area contributed by atoms with Gasteiger partial charge in [-0.25, -0.2) is 0 Å². The van der Waals surface area contributed by atoms with Gasteiger partial charge in [-0.3, -0.25) is 19.1 Å². The van der Waals surface area contributed by atoms with Gasteiger partial charge in [-0.15, -0.1) is 5.10 Å². The summed E-state index contributed by atoms with van der Waals surface area (Å²) < 4.78 is 18.7. The van der Waals surface area contributed by atoms with Crippen LogP contribution in [0.5, 0.6) is 5.75 Å². The molecule has 0 aliphatic heterocycles. The van der Waals surface area contributed by atoms with Crippen molar-refractivity contribution in [3.8, 4) is 17.0 Å². The third kappa shape index (κ3) is 20.9. The molecule has 1 fully saturated rings. The lowest BCUT2D eigenvalue weighted by Gasteiger charge is -2.25. The molecule has 0 saturated heterocycles. The molecule has 376 valence electrons. The molecule has 7 N–H and O–H groups in total. The summed E-state index contributed by atoms with van der Waals surface area (Å²) in [6, 6.07) is 21.0. The van der Waals surface area contributed by atoms with E-state index < -0.39 is 18.3 Å². The van der Waals surface area contributed by atoms with Gasteiger partial charge in [0.2, 0.25) is 5.91 Å². The van der Waals surface area contributed by atoms with Gasteiger partial charge < -0.3 is 50.8 Å². The van der Waals surface area contributed by atoms with Crippen LogP contribution >= 0.6 is 0 Å². The van der Waals surface area contributed by atoms with Crippen molar-refractivity contribution in [2.45, 2.75) is 103 Å². The van der Waals surface area contributed by atoms with E-state index in [1.165, 1.54) is 44.9 Å². The van der Waals surface area contributed by atoms with Crippen molar-refractivity contribution in [1.82, 2.24) is 36.3 Å². The Kier molecular flexibility index (Phi) is 24.2. The maximum atomic E-state index is 12.9. The van der Waals surface area contributed by atoms with Gasteiger partial charge in [-0.1, -0.05) is 76.1 Å². The van der Waals surface area contributed by atoms with E-state index in [1.54, 1.807) is 59.3 Å². The van der Waals surface area contributed by atoms with Crippen molar-refractivity contribution in [2.24, 2.45) is 22.1 Å². The lowest BCUT2D eigenvalue weighted by molar-refractivity contribution is -0.123. The number of aliphatic hydroxyl groups excluding tert-OH is 3. The first kappa shape index (κ1) is 54.3. The van der Waals surface area contributed by atoms with E-state index in [1.807, 2.05) is 38.2 Å². The van der Waals surface area contributed by atoms with Crippen molar-refractivity contribution in [3.63, 3.8) is 0 Å². The Hall–Kier alpha value is -5.63. The highest BCUT2D eigenvalue weighted by molar-refractivity contribution is 5.95. The van der Waals surface area contributed by atoms with E-state index in [9.17, 15) is 29.7 Å². The van der Waals surface area contributed by atoms with Crippen LogP contribution in [0.3, 0.4) is 0 Å². The van der Waals surface area contributed by atoms with E-state index in [0.29, 0.717) is 85.6 Å². The van der Waals surface area contributed by atoms with Gasteiger partial charge in [0.1, 0.15) is 11.4 Å². The van der Waals surface area contributed by atoms with Crippen LogP contribution in [0.2, 0.25) is 0 Å². The number of aromatic nitrogens is 3. The quantitative estimate of drug-likeness (QED) is 0.0260. The van der Waals surface area contributed by atoms with E-state index in [0.717, 1.165) is 18.4 Å². The normalized spacial score (nSPS) is 15.1. The number of hydrogen-bond donors (Lipinski definition) is 7. The highest BCUT2D eigenvalue weighted by atomic mass is 16.5. The van der Waals surface area contributed by atoms with Gasteiger partial charge in [0.05, 0.1) is 68.9 Å². The Labute approximate surface area is 406 Å². The van der Waals surface area contributed by atoms with Crippen molar-refractivity contribution in [1.29, 1.82) is 0 Å². The van der Waals surface area contributed by atoms with E-state index in [-0.39, 0.29) is 56.6 Å². The number of aliphatic hydroxyl groups is 3. The number of ether oxygens (including phenoxy) is 3. The molecule has 0 radical (unpaired) electrons. The van der Waals surface area contributed by atoms with Gasteiger partial charge in [-0.05, 0) is 79.4 Å². The molecule has 0 spiro atoms. The first-order valence-corrected chi connectivity index (χ1v) is 24.5. The van der Waals surface area contributed by atoms with Crippen LogP contribution in [0.25, 0.3) is 11.3 Å². The Morgan fingerprint density at radius 2 is 1.32 bits per heavy atom. The molecule has 1 aliphatic carbocycles. The average molecular weight is 956 g/mol. The molecule has 3 aromatic carbocycles. The molecule has 4 aromatic rings. The number of rotatable bonds is 28. The molecular formula is C51H73N9O9. The van der Waals surface area contributed by atoms with Crippen molar-refractivity contribution in [2.75, 3.05) is 65.8 Å². The van der Waals surface area contributed by atoms with Gasteiger partial charge in [0.25, 0.3) is 11.8 Å². The summed E-state index contributed by atoms with van der Waals surface area (Å²) in [7, 11) is 0. The molecule has 3 amide bonds. The monoisotopic (exact) mass is 956 g/mol. The molecule has 18 nitrogen and oxygen atoms in total. The fourth-order valence-corrected chi connectivity index (χ4v) is 7.63. The first-order valence-electron chi connectivity index (χ1n) is 24.5. The average Bonchev–Trinajstić information content (AvgIpc) is 3.85. The molecule has 1 aromatic heterocycles. The largest absolute Gasteiger partial charge is 0.494 e. The number of azo groups is 1. The number of nitrogens with one attached hydrogen (secondary N) is 4. The summed E-state index contributed by atoms with van der Waals surface area (Å²) in [5, 5.41) is 60.0. The van der Waals surface area contributed by atoms with E-state index >= 15 is 0 Å². The molecule has 3 unspecified atom stereocenters. The summed E-state index contributed by atoms with van der Waals surface area (Å²) in [4.78, 5) is 37.0. The summed E-state index contributed by atoms with van der Waals surface area (Å²) in [6.07, 6.45) is 11.3. The maximum Gasteiger partial charge on any atom is 0.251 e. The molecule has 0 bridgehead atoms. The van der Waals surface area contributed by atoms with Crippen LogP contribution in [0.15, 0.2) is 89.2 Å². The van der Waals surface area contributed by atoms with Gasteiger partial charge in [-0.2, -0.15) is 10.2 Å². The van der Waals surface area contributed by atoms with Crippen LogP contribution in [-0.4, -0.2) is 132 Å². The van der Waals surface area contributed by atoms with Gasteiger partial charge >= 0.3 is 0 Å². The number of carbonyl (C=O) groups is 3. The zero-order chi connectivity index (χ0) is 49.1. The lowest BCUT2D eigenvalue weighted by Crippen LogP contribution is -2.38. The predicted molar refractivity (Wildman–Crippen MR) is 263 cm³/mol. The number of hydrogen-bond acceptors (Lipinski definition) is 14. The SMILES string of the molecule is CC(C)C(=O)NCCNC(=O)c1ccc(N=Nc2ccc(OCCCn3cc(-c4cccc(C(=O)NCC(O)COCCOCC(O)CNCC(O)C5CCCCCCCCC5)c4)nn3)cc2)cc1. The molecule has 69 heavy (non-hydrogen) atoms. The molecular weight excluding hydrogens is 883 g/mol. The van der Waals surface area contributed by atoms with E-state index in [4.69, 9.17) is 14.2 Å². The van der Waals surface area contributed by atoms with E-state index in [2.05, 4.69) is 41.8 Å². The predicted octanol–water partition coefficient (Wildman–Crippen LogP) is 5.91. The highest BCUT2D eigenvalue weighted by Gasteiger charge is 2.20. The second kappa shape index (κ2) is 30.8. The van der Waals surface area contributed by atoms with Crippen LogP contribution < -0.4 is 26.0 Å². The third-order valence-corrected chi connectivity index (χ3v) is 11.7. The van der Waals surface area contributed by atoms with Crippen molar-refractivity contribution < 1.29 is 43.9 Å². The minimum Gasteiger partial charge on any atom is -0.494 e. The molecule has 1 saturated carbocycles.